The molecule has 0 spiro atoms. The molecule has 1 fully saturated rings. The van der Waals surface area contributed by atoms with Crippen LogP contribution in [0.4, 0.5) is 0 Å². The van der Waals surface area contributed by atoms with Crippen molar-refractivity contribution in [3.8, 4) is 6.07 Å². The van der Waals surface area contributed by atoms with Crippen molar-refractivity contribution >= 4 is 0 Å². The molecule has 1 unspecified atom stereocenters. The van der Waals surface area contributed by atoms with Crippen molar-refractivity contribution in [2.45, 2.75) is 39.2 Å². The first-order chi connectivity index (χ1) is 8.22. The maximum atomic E-state index is 9.46. The van der Waals surface area contributed by atoms with E-state index in [2.05, 4.69) is 43.0 Å². The molecule has 0 aromatic heterocycles. The quantitative estimate of drug-likeness (QED) is 0.776. The Morgan fingerprint density at radius 2 is 1.88 bits per heavy atom. The molecule has 0 saturated carbocycles. The highest BCUT2D eigenvalue weighted by Gasteiger charge is 2.23. The highest BCUT2D eigenvalue weighted by Crippen LogP contribution is 2.27. The van der Waals surface area contributed by atoms with Crippen molar-refractivity contribution in [3.05, 3.63) is 34.9 Å². The third-order valence-electron chi connectivity index (χ3n) is 3.61. The van der Waals surface area contributed by atoms with Crippen LogP contribution in [0.25, 0.3) is 0 Å². The molecule has 1 heterocycles. The van der Waals surface area contributed by atoms with E-state index in [0.717, 1.165) is 13.1 Å². The van der Waals surface area contributed by atoms with Crippen LogP contribution in [0.2, 0.25) is 0 Å². The molecule has 0 aliphatic carbocycles. The van der Waals surface area contributed by atoms with Gasteiger partial charge in [0.25, 0.3) is 0 Å². The standard InChI is InChI=1S/C15H20N2/c1-12-6-7-13(2)14(10-12)15(11-16)17-8-4-3-5-9-17/h6-7,10,15H,3-5,8-9H2,1-2H3. The SMILES string of the molecule is Cc1ccc(C)c(C(C#N)N2CCCCC2)c1. The molecular formula is C15H20N2. The van der Waals surface area contributed by atoms with Gasteiger partial charge in [-0.15, -0.1) is 0 Å². The van der Waals surface area contributed by atoms with Crippen molar-refractivity contribution in [1.29, 1.82) is 5.26 Å². The molecule has 0 amide bonds. The van der Waals surface area contributed by atoms with Crippen LogP contribution in [-0.2, 0) is 0 Å². The normalized spacial score (nSPS) is 18.6. The molecule has 17 heavy (non-hydrogen) atoms. The lowest BCUT2D eigenvalue weighted by Gasteiger charge is -2.31. The molecule has 1 aromatic carbocycles. The number of nitrogens with zero attached hydrogens (tertiary/aromatic N) is 2. The number of hydrogen-bond acceptors (Lipinski definition) is 2. The second-order valence-electron chi connectivity index (χ2n) is 4.99. The van der Waals surface area contributed by atoms with Crippen LogP contribution in [-0.4, -0.2) is 18.0 Å². The Morgan fingerprint density at radius 3 is 2.53 bits per heavy atom. The highest BCUT2D eigenvalue weighted by atomic mass is 15.2. The summed E-state index contributed by atoms with van der Waals surface area (Å²) >= 11 is 0. The summed E-state index contributed by atoms with van der Waals surface area (Å²) in [5, 5.41) is 9.46. The van der Waals surface area contributed by atoms with Crippen LogP contribution >= 0.6 is 0 Å². The van der Waals surface area contributed by atoms with Crippen LogP contribution < -0.4 is 0 Å². The fourth-order valence-corrected chi connectivity index (χ4v) is 2.58. The lowest BCUT2D eigenvalue weighted by Crippen LogP contribution is -2.33. The predicted molar refractivity (Wildman–Crippen MR) is 69.7 cm³/mol. The van der Waals surface area contributed by atoms with E-state index in [1.807, 2.05) is 0 Å². The first-order valence-corrected chi connectivity index (χ1v) is 6.43. The summed E-state index contributed by atoms with van der Waals surface area (Å²) in [6.45, 7) is 6.31. The zero-order valence-corrected chi connectivity index (χ0v) is 10.7. The van der Waals surface area contributed by atoms with E-state index in [9.17, 15) is 5.26 Å². The highest BCUT2D eigenvalue weighted by molar-refractivity contribution is 5.35. The largest absolute Gasteiger partial charge is 0.284 e. The van der Waals surface area contributed by atoms with Crippen molar-refractivity contribution in [3.63, 3.8) is 0 Å². The molecule has 2 nitrogen and oxygen atoms in total. The number of nitriles is 1. The zero-order chi connectivity index (χ0) is 12.3. The molecule has 2 rings (SSSR count). The van der Waals surface area contributed by atoms with Crippen LogP contribution in [0.1, 0.15) is 42.0 Å². The van der Waals surface area contributed by atoms with Gasteiger partial charge in [0.2, 0.25) is 0 Å². The Kier molecular flexibility index (Phi) is 3.81. The average Bonchev–Trinajstić information content (AvgIpc) is 2.36. The minimum Gasteiger partial charge on any atom is -0.284 e. The van der Waals surface area contributed by atoms with Gasteiger partial charge in [-0.2, -0.15) is 5.26 Å². The van der Waals surface area contributed by atoms with E-state index >= 15 is 0 Å². The number of piperidine rings is 1. The van der Waals surface area contributed by atoms with Crippen molar-refractivity contribution < 1.29 is 0 Å². The Labute approximate surface area is 104 Å². The van der Waals surface area contributed by atoms with Crippen LogP contribution in [0.15, 0.2) is 18.2 Å². The number of benzene rings is 1. The summed E-state index contributed by atoms with van der Waals surface area (Å²) in [4.78, 5) is 2.32. The summed E-state index contributed by atoms with van der Waals surface area (Å²) in [5.41, 5.74) is 3.66. The molecule has 1 aromatic rings. The van der Waals surface area contributed by atoms with Gasteiger partial charge in [0.15, 0.2) is 0 Å². The molecule has 1 aliphatic rings. The van der Waals surface area contributed by atoms with Crippen LogP contribution in [0.5, 0.6) is 0 Å². The second-order valence-corrected chi connectivity index (χ2v) is 4.99. The van der Waals surface area contributed by atoms with E-state index in [1.165, 1.54) is 36.0 Å². The Balaban J connectivity index is 2.28. The monoisotopic (exact) mass is 228 g/mol. The molecule has 0 N–H and O–H groups in total. The minimum absolute atomic E-state index is 0.0600. The van der Waals surface area contributed by atoms with E-state index < -0.39 is 0 Å². The number of likely N-dealkylation sites (tertiary alicyclic amines) is 1. The molecule has 90 valence electrons. The van der Waals surface area contributed by atoms with E-state index in [0.29, 0.717) is 0 Å². The van der Waals surface area contributed by atoms with Crippen LogP contribution in [0, 0.1) is 25.2 Å². The van der Waals surface area contributed by atoms with Crippen molar-refractivity contribution in [2.24, 2.45) is 0 Å². The lowest BCUT2D eigenvalue weighted by molar-refractivity contribution is 0.195. The van der Waals surface area contributed by atoms with Gasteiger partial charge in [-0.05, 0) is 50.9 Å². The summed E-state index contributed by atoms with van der Waals surface area (Å²) < 4.78 is 0. The topological polar surface area (TPSA) is 27.0 Å². The van der Waals surface area contributed by atoms with Gasteiger partial charge in [-0.25, -0.2) is 0 Å². The number of hydrogen-bond donors (Lipinski definition) is 0. The molecule has 1 aliphatic heterocycles. The maximum absolute atomic E-state index is 9.46. The Hall–Kier alpha value is -1.33. The minimum atomic E-state index is -0.0600. The van der Waals surface area contributed by atoms with Crippen molar-refractivity contribution in [1.82, 2.24) is 4.90 Å². The Morgan fingerprint density at radius 1 is 1.18 bits per heavy atom. The zero-order valence-electron chi connectivity index (χ0n) is 10.7. The third-order valence-corrected chi connectivity index (χ3v) is 3.61. The summed E-state index contributed by atoms with van der Waals surface area (Å²) in [6, 6.07) is 8.83. The third kappa shape index (κ3) is 2.68. The van der Waals surface area contributed by atoms with Crippen molar-refractivity contribution in [2.75, 3.05) is 13.1 Å². The van der Waals surface area contributed by atoms with Gasteiger partial charge in [0.05, 0.1) is 6.07 Å². The van der Waals surface area contributed by atoms with Crippen LogP contribution in [0.3, 0.4) is 0 Å². The van der Waals surface area contributed by atoms with Gasteiger partial charge < -0.3 is 0 Å². The predicted octanol–water partition coefficient (Wildman–Crippen LogP) is 3.35. The maximum Gasteiger partial charge on any atom is 0.124 e. The van der Waals surface area contributed by atoms with E-state index in [4.69, 9.17) is 0 Å². The van der Waals surface area contributed by atoms with Gasteiger partial charge >= 0.3 is 0 Å². The first kappa shape index (κ1) is 12.1. The summed E-state index contributed by atoms with van der Waals surface area (Å²) in [5.74, 6) is 0. The fraction of sp³-hybridized carbons (Fsp3) is 0.533. The average molecular weight is 228 g/mol. The second kappa shape index (κ2) is 5.33. The number of aryl methyl sites for hydroxylation is 2. The lowest BCUT2D eigenvalue weighted by atomic mass is 9.97. The van der Waals surface area contributed by atoms with E-state index in [1.54, 1.807) is 0 Å². The molecule has 0 bridgehead atoms. The molecule has 0 radical (unpaired) electrons. The number of rotatable bonds is 2. The molecule has 1 atom stereocenters. The Bertz CT molecular complexity index is 425. The van der Waals surface area contributed by atoms with Gasteiger partial charge in [-0.1, -0.05) is 30.2 Å². The summed E-state index contributed by atoms with van der Waals surface area (Å²) in [6.07, 6.45) is 3.76. The van der Waals surface area contributed by atoms with Gasteiger partial charge in [0.1, 0.15) is 6.04 Å². The molecular weight excluding hydrogens is 208 g/mol. The fourth-order valence-electron chi connectivity index (χ4n) is 2.58. The first-order valence-electron chi connectivity index (χ1n) is 6.43. The summed E-state index contributed by atoms with van der Waals surface area (Å²) in [7, 11) is 0. The van der Waals surface area contributed by atoms with Gasteiger partial charge in [-0.3, -0.25) is 4.90 Å². The molecule has 1 saturated heterocycles. The van der Waals surface area contributed by atoms with Gasteiger partial charge in [0, 0.05) is 0 Å². The smallest absolute Gasteiger partial charge is 0.124 e. The molecule has 2 heteroatoms. The van der Waals surface area contributed by atoms with E-state index in [-0.39, 0.29) is 6.04 Å².